The number of hydrogen-bond acceptors (Lipinski definition) is 3. The third kappa shape index (κ3) is 3.43. The number of Topliss-reactive ketones (excluding diaryl/α,β-unsaturated/α-hetero) is 1. The Morgan fingerprint density at radius 2 is 2.06 bits per heavy atom. The fourth-order valence-electron chi connectivity index (χ4n) is 1.51. The number of aryl methyl sites for hydroxylation is 1. The van der Waals surface area contributed by atoms with Gasteiger partial charge in [-0.1, -0.05) is 18.2 Å². The Bertz CT molecular complexity index is 488. The molecule has 88 valence electrons. The molecule has 2 nitrogen and oxygen atoms in total. The lowest BCUT2D eigenvalue weighted by Crippen LogP contribution is -2.05. The van der Waals surface area contributed by atoms with E-state index in [4.69, 9.17) is 4.74 Å². The van der Waals surface area contributed by atoms with Crippen molar-refractivity contribution < 1.29 is 9.53 Å². The van der Waals surface area contributed by atoms with Crippen molar-refractivity contribution in [2.24, 2.45) is 0 Å². The molecule has 0 aliphatic heterocycles. The van der Waals surface area contributed by atoms with E-state index >= 15 is 0 Å². The topological polar surface area (TPSA) is 26.3 Å². The summed E-state index contributed by atoms with van der Waals surface area (Å²) < 4.78 is 5.49. The number of carbonyl (C=O) groups is 1. The van der Waals surface area contributed by atoms with Gasteiger partial charge in [0.2, 0.25) is 0 Å². The third-order valence-corrected chi connectivity index (χ3v) is 3.26. The maximum absolute atomic E-state index is 11.8. The predicted molar refractivity (Wildman–Crippen MR) is 69.9 cm³/mol. The van der Waals surface area contributed by atoms with Crippen molar-refractivity contribution in [3.63, 3.8) is 0 Å². The zero-order chi connectivity index (χ0) is 12.1. The van der Waals surface area contributed by atoms with Crippen LogP contribution in [0.25, 0.3) is 0 Å². The molecule has 0 aliphatic carbocycles. The highest BCUT2D eigenvalue weighted by atomic mass is 32.1. The maximum Gasteiger partial charge on any atom is 0.167 e. The van der Waals surface area contributed by atoms with E-state index < -0.39 is 0 Å². The van der Waals surface area contributed by atoms with Gasteiger partial charge in [0, 0.05) is 22.2 Å². The lowest BCUT2D eigenvalue weighted by atomic mass is 10.1. The molecule has 2 aromatic rings. The number of carbonyl (C=O) groups excluding carboxylic acids is 1. The Balaban J connectivity index is 1.81. The average Bonchev–Trinajstić information content (AvgIpc) is 2.77. The number of rotatable bonds is 5. The summed E-state index contributed by atoms with van der Waals surface area (Å²) >= 11 is 1.60. The van der Waals surface area contributed by atoms with E-state index in [9.17, 15) is 4.79 Å². The molecule has 0 radical (unpaired) electrons. The van der Waals surface area contributed by atoms with E-state index in [0.29, 0.717) is 13.0 Å². The highest BCUT2D eigenvalue weighted by molar-refractivity contribution is 7.10. The second-order valence-electron chi connectivity index (χ2n) is 3.78. The van der Waals surface area contributed by atoms with Crippen LogP contribution in [-0.4, -0.2) is 12.4 Å². The largest absolute Gasteiger partial charge is 0.493 e. The smallest absolute Gasteiger partial charge is 0.167 e. The molecule has 0 spiro atoms. The fraction of sp³-hybridized carbons (Fsp3) is 0.214. The first kappa shape index (κ1) is 11.9. The van der Waals surface area contributed by atoms with Crippen LogP contribution in [0.2, 0.25) is 0 Å². The molecule has 3 heteroatoms. The van der Waals surface area contributed by atoms with Crippen LogP contribution in [0, 0.1) is 6.92 Å². The minimum atomic E-state index is 0.144. The van der Waals surface area contributed by atoms with Crippen LogP contribution in [0.3, 0.4) is 0 Å². The van der Waals surface area contributed by atoms with Crippen LogP contribution in [0.4, 0.5) is 0 Å². The Labute approximate surface area is 105 Å². The number of ketones is 1. The number of hydrogen-bond donors (Lipinski definition) is 0. The van der Waals surface area contributed by atoms with Crippen LogP contribution >= 0.6 is 11.3 Å². The molecule has 0 fully saturated rings. The molecule has 1 aromatic heterocycles. The van der Waals surface area contributed by atoms with Crippen molar-refractivity contribution in [1.82, 2.24) is 0 Å². The quantitative estimate of drug-likeness (QED) is 0.752. The zero-order valence-corrected chi connectivity index (χ0v) is 10.5. The van der Waals surface area contributed by atoms with Crippen LogP contribution in [-0.2, 0) is 0 Å². The average molecular weight is 246 g/mol. The Kier molecular flexibility index (Phi) is 3.94. The van der Waals surface area contributed by atoms with Gasteiger partial charge >= 0.3 is 0 Å². The molecule has 2 rings (SSSR count). The Morgan fingerprint density at radius 3 is 2.71 bits per heavy atom. The molecule has 0 amide bonds. The molecule has 0 aliphatic rings. The predicted octanol–water partition coefficient (Wildman–Crippen LogP) is 3.71. The van der Waals surface area contributed by atoms with Gasteiger partial charge in [0.25, 0.3) is 0 Å². The van der Waals surface area contributed by atoms with E-state index in [-0.39, 0.29) is 5.78 Å². The molecule has 0 atom stereocenters. The highest BCUT2D eigenvalue weighted by Crippen LogP contribution is 2.15. The number of ether oxygens (including phenoxy) is 1. The van der Waals surface area contributed by atoms with Crippen LogP contribution in [0.1, 0.15) is 21.7 Å². The molecule has 1 heterocycles. The van der Waals surface area contributed by atoms with Gasteiger partial charge in [0.15, 0.2) is 5.78 Å². The molecule has 0 unspecified atom stereocenters. The summed E-state index contributed by atoms with van der Waals surface area (Å²) in [6.45, 7) is 2.43. The molecular weight excluding hydrogens is 232 g/mol. The van der Waals surface area contributed by atoms with Gasteiger partial charge < -0.3 is 4.74 Å². The molecule has 0 N–H and O–H groups in total. The zero-order valence-electron chi connectivity index (χ0n) is 9.68. The van der Waals surface area contributed by atoms with Crippen molar-refractivity contribution in [2.45, 2.75) is 13.3 Å². The lowest BCUT2D eigenvalue weighted by molar-refractivity contribution is 0.0962. The molecule has 0 saturated heterocycles. The van der Waals surface area contributed by atoms with E-state index in [1.165, 1.54) is 0 Å². The normalized spacial score (nSPS) is 10.2. The van der Waals surface area contributed by atoms with Gasteiger partial charge in [-0.25, -0.2) is 0 Å². The minimum absolute atomic E-state index is 0.144. The number of benzene rings is 1. The summed E-state index contributed by atoms with van der Waals surface area (Å²) in [6.07, 6.45) is 0.422. The van der Waals surface area contributed by atoms with Gasteiger partial charge in [0.05, 0.1) is 6.61 Å². The first-order valence-corrected chi connectivity index (χ1v) is 6.40. The Hall–Kier alpha value is -1.61. The summed E-state index contributed by atoms with van der Waals surface area (Å²) in [5, 5.41) is 1.90. The molecular formula is C14H14O2S. The number of para-hydroxylation sites is 1. The second kappa shape index (κ2) is 5.64. The summed E-state index contributed by atoms with van der Waals surface area (Å²) in [5.41, 5.74) is 0.796. The van der Waals surface area contributed by atoms with Crippen molar-refractivity contribution in [3.05, 3.63) is 52.2 Å². The summed E-state index contributed by atoms with van der Waals surface area (Å²) in [6, 6.07) is 11.5. The third-order valence-electron chi connectivity index (χ3n) is 2.39. The fourth-order valence-corrected chi connectivity index (χ4v) is 2.22. The van der Waals surface area contributed by atoms with E-state index in [1.807, 2.05) is 48.7 Å². The summed E-state index contributed by atoms with van der Waals surface area (Å²) in [4.78, 5) is 12.9. The first-order valence-electron chi connectivity index (χ1n) is 5.52. The molecule has 1 aromatic carbocycles. The lowest BCUT2D eigenvalue weighted by Gasteiger charge is -2.04. The van der Waals surface area contributed by atoms with Gasteiger partial charge in [-0.15, -0.1) is 11.3 Å². The van der Waals surface area contributed by atoms with Crippen LogP contribution in [0.5, 0.6) is 5.75 Å². The molecule has 0 saturated carbocycles. The maximum atomic E-state index is 11.8. The summed E-state index contributed by atoms with van der Waals surface area (Å²) in [7, 11) is 0. The standard InChI is InChI=1S/C14H14O2S/c1-11-9-12(10-17-11)14(15)7-8-16-13-5-3-2-4-6-13/h2-6,9-10H,7-8H2,1H3. The monoisotopic (exact) mass is 246 g/mol. The van der Waals surface area contributed by atoms with Crippen molar-refractivity contribution >= 4 is 17.1 Å². The molecule has 17 heavy (non-hydrogen) atoms. The minimum Gasteiger partial charge on any atom is -0.493 e. The SMILES string of the molecule is Cc1cc(C(=O)CCOc2ccccc2)cs1. The van der Waals surface area contributed by atoms with E-state index in [0.717, 1.165) is 16.2 Å². The van der Waals surface area contributed by atoms with Gasteiger partial charge in [-0.3, -0.25) is 4.79 Å². The second-order valence-corrected chi connectivity index (χ2v) is 4.90. The van der Waals surface area contributed by atoms with Gasteiger partial charge in [0.1, 0.15) is 5.75 Å². The van der Waals surface area contributed by atoms with Gasteiger partial charge in [-0.2, -0.15) is 0 Å². The highest BCUT2D eigenvalue weighted by Gasteiger charge is 2.07. The summed E-state index contributed by atoms with van der Waals surface area (Å²) in [5.74, 6) is 0.951. The van der Waals surface area contributed by atoms with Crippen LogP contribution < -0.4 is 4.74 Å². The van der Waals surface area contributed by atoms with Crippen molar-refractivity contribution in [1.29, 1.82) is 0 Å². The van der Waals surface area contributed by atoms with Crippen molar-refractivity contribution in [2.75, 3.05) is 6.61 Å². The Morgan fingerprint density at radius 1 is 1.29 bits per heavy atom. The molecule has 0 bridgehead atoms. The van der Waals surface area contributed by atoms with E-state index in [2.05, 4.69) is 0 Å². The van der Waals surface area contributed by atoms with Crippen molar-refractivity contribution in [3.8, 4) is 5.75 Å². The van der Waals surface area contributed by atoms with Gasteiger partial charge in [-0.05, 0) is 25.1 Å². The number of thiophene rings is 1. The van der Waals surface area contributed by atoms with E-state index in [1.54, 1.807) is 11.3 Å². The first-order chi connectivity index (χ1) is 8.25. The van der Waals surface area contributed by atoms with Crippen LogP contribution in [0.15, 0.2) is 41.8 Å².